The molecule has 30 heavy (non-hydrogen) atoms. The quantitative estimate of drug-likeness (QED) is 0.514. The Morgan fingerprint density at radius 3 is 2.57 bits per heavy atom. The zero-order valence-corrected chi connectivity index (χ0v) is 17.7. The number of guanidine groups is 1. The van der Waals surface area contributed by atoms with Crippen LogP contribution in [0.5, 0.6) is 0 Å². The van der Waals surface area contributed by atoms with Crippen LogP contribution in [0.1, 0.15) is 22.7 Å². The molecule has 1 atom stereocenters. The molecule has 1 unspecified atom stereocenters. The van der Waals surface area contributed by atoms with Crippen LogP contribution in [-0.4, -0.2) is 57.9 Å². The molecule has 0 aromatic heterocycles. The highest BCUT2D eigenvalue weighted by Gasteiger charge is 2.23. The Kier molecular flexibility index (Phi) is 8.62. The summed E-state index contributed by atoms with van der Waals surface area (Å²) in [6, 6.07) is 15.1. The number of benzene rings is 2. The van der Waals surface area contributed by atoms with Gasteiger partial charge in [-0.25, -0.2) is 4.39 Å². The van der Waals surface area contributed by atoms with Gasteiger partial charge in [0.05, 0.1) is 25.9 Å². The smallest absolute Gasteiger partial charge is 0.191 e. The molecule has 7 heteroatoms. The molecule has 0 aliphatic carbocycles. The summed E-state index contributed by atoms with van der Waals surface area (Å²) in [7, 11) is 3.46. The van der Waals surface area contributed by atoms with Gasteiger partial charge >= 0.3 is 0 Å². The van der Waals surface area contributed by atoms with Crippen molar-refractivity contribution < 1.29 is 13.9 Å². The van der Waals surface area contributed by atoms with Crippen molar-refractivity contribution >= 4 is 5.96 Å². The average Bonchev–Trinajstić information content (AvgIpc) is 2.78. The van der Waals surface area contributed by atoms with Crippen molar-refractivity contribution in [3.05, 3.63) is 71.0 Å². The molecule has 2 aromatic rings. The fourth-order valence-corrected chi connectivity index (χ4v) is 3.63. The highest BCUT2D eigenvalue weighted by molar-refractivity contribution is 5.79. The third-order valence-corrected chi connectivity index (χ3v) is 5.19. The summed E-state index contributed by atoms with van der Waals surface area (Å²) >= 11 is 0. The zero-order valence-electron chi connectivity index (χ0n) is 17.7. The van der Waals surface area contributed by atoms with Gasteiger partial charge in [-0.2, -0.15) is 0 Å². The molecular weight excluding hydrogens is 383 g/mol. The first-order valence-electron chi connectivity index (χ1n) is 10.3. The number of hydrogen-bond donors (Lipinski definition) is 2. The van der Waals surface area contributed by atoms with E-state index in [1.54, 1.807) is 14.2 Å². The van der Waals surface area contributed by atoms with Crippen LogP contribution in [0, 0.1) is 5.82 Å². The van der Waals surface area contributed by atoms with Crippen molar-refractivity contribution in [1.29, 1.82) is 0 Å². The Bertz CT molecular complexity index is 807. The number of methoxy groups -OCH3 is 1. The second-order valence-electron chi connectivity index (χ2n) is 7.28. The molecule has 162 valence electrons. The monoisotopic (exact) mass is 414 g/mol. The molecule has 1 aliphatic rings. The van der Waals surface area contributed by atoms with Crippen LogP contribution < -0.4 is 10.6 Å². The lowest BCUT2D eigenvalue weighted by Gasteiger charge is -2.35. The van der Waals surface area contributed by atoms with E-state index in [-0.39, 0.29) is 11.9 Å². The van der Waals surface area contributed by atoms with E-state index in [2.05, 4.69) is 38.7 Å². The van der Waals surface area contributed by atoms with E-state index in [4.69, 9.17) is 9.47 Å². The van der Waals surface area contributed by atoms with Crippen LogP contribution in [0.4, 0.5) is 4.39 Å². The lowest BCUT2D eigenvalue weighted by atomic mass is 10.0. The molecule has 0 spiro atoms. The summed E-state index contributed by atoms with van der Waals surface area (Å²) in [6.45, 7) is 5.04. The SMILES string of the molecule is CN=C(NCc1cccc(COC)c1)NCC(c1ccc(F)cc1)N1CCOCC1. The zero-order chi connectivity index (χ0) is 21.2. The van der Waals surface area contributed by atoms with E-state index in [0.29, 0.717) is 32.9 Å². The predicted molar refractivity (Wildman–Crippen MR) is 117 cm³/mol. The van der Waals surface area contributed by atoms with Crippen LogP contribution in [-0.2, 0) is 22.6 Å². The molecule has 3 rings (SSSR count). The Balaban J connectivity index is 1.61. The normalized spacial score (nSPS) is 16.3. The maximum absolute atomic E-state index is 13.4. The number of morpholine rings is 1. The fourth-order valence-electron chi connectivity index (χ4n) is 3.63. The van der Waals surface area contributed by atoms with Crippen molar-refractivity contribution in [2.45, 2.75) is 19.2 Å². The number of ether oxygens (including phenoxy) is 2. The third-order valence-electron chi connectivity index (χ3n) is 5.19. The lowest BCUT2D eigenvalue weighted by Crippen LogP contribution is -2.46. The van der Waals surface area contributed by atoms with Gasteiger partial charge in [0.15, 0.2) is 5.96 Å². The summed E-state index contributed by atoms with van der Waals surface area (Å²) in [5, 5.41) is 6.80. The molecule has 2 aromatic carbocycles. The highest BCUT2D eigenvalue weighted by Crippen LogP contribution is 2.21. The maximum atomic E-state index is 13.4. The molecule has 1 aliphatic heterocycles. The standard InChI is InChI=1S/C23H31FN4O2/c1-25-23(26-15-18-4-3-5-19(14-18)17-29-2)27-16-22(28-10-12-30-13-11-28)20-6-8-21(24)9-7-20/h3-9,14,22H,10-13,15-17H2,1-2H3,(H2,25,26,27). The minimum absolute atomic E-state index is 0.109. The van der Waals surface area contributed by atoms with Gasteiger partial charge in [-0.15, -0.1) is 0 Å². The molecule has 1 saturated heterocycles. The van der Waals surface area contributed by atoms with E-state index < -0.39 is 0 Å². The molecule has 0 saturated carbocycles. The van der Waals surface area contributed by atoms with E-state index in [9.17, 15) is 4.39 Å². The second kappa shape index (κ2) is 11.6. The third kappa shape index (κ3) is 6.52. The minimum atomic E-state index is -0.222. The largest absolute Gasteiger partial charge is 0.380 e. The number of halogens is 1. The summed E-state index contributed by atoms with van der Waals surface area (Å²) in [5.74, 6) is 0.508. The van der Waals surface area contributed by atoms with Gasteiger partial charge in [0.2, 0.25) is 0 Å². The summed E-state index contributed by atoms with van der Waals surface area (Å²) in [6.07, 6.45) is 0. The van der Waals surface area contributed by atoms with Gasteiger partial charge in [0.25, 0.3) is 0 Å². The van der Waals surface area contributed by atoms with Crippen LogP contribution in [0.25, 0.3) is 0 Å². The summed E-state index contributed by atoms with van der Waals surface area (Å²) in [4.78, 5) is 6.72. The molecule has 0 bridgehead atoms. The molecule has 2 N–H and O–H groups in total. The number of aliphatic imine (C=N–C) groups is 1. The number of rotatable bonds is 8. The van der Waals surface area contributed by atoms with Crippen molar-refractivity contribution in [1.82, 2.24) is 15.5 Å². The number of hydrogen-bond acceptors (Lipinski definition) is 4. The highest BCUT2D eigenvalue weighted by atomic mass is 19.1. The van der Waals surface area contributed by atoms with Crippen molar-refractivity contribution in [2.75, 3.05) is 47.0 Å². The maximum Gasteiger partial charge on any atom is 0.191 e. The van der Waals surface area contributed by atoms with Gasteiger partial charge in [0, 0.05) is 40.3 Å². The van der Waals surface area contributed by atoms with Crippen molar-refractivity contribution in [3.8, 4) is 0 Å². The number of nitrogens with zero attached hydrogens (tertiary/aromatic N) is 2. The first-order chi connectivity index (χ1) is 14.7. The topological polar surface area (TPSA) is 58.1 Å². The molecule has 0 amide bonds. The molecule has 1 heterocycles. The molecule has 1 fully saturated rings. The van der Waals surface area contributed by atoms with E-state index >= 15 is 0 Å². The van der Waals surface area contributed by atoms with Crippen LogP contribution in [0.2, 0.25) is 0 Å². The Morgan fingerprint density at radius 2 is 1.87 bits per heavy atom. The Morgan fingerprint density at radius 1 is 1.13 bits per heavy atom. The van der Waals surface area contributed by atoms with Gasteiger partial charge < -0.3 is 20.1 Å². The second-order valence-corrected chi connectivity index (χ2v) is 7.28. The lowest BCUT2D eigenvalue weighted by molar-refractivity contribution is 0.0170. The fraction of sp³-hybridized carbons (Fsp3) is 0.435. The molecule has 0 radical (unpaired) electrons. The van der Waals surface area contributed by atoms with Gasteiger partial charge in [-0.3, -0.25) is 9.89 Å². The van der Waals surface area contributed by atoms with E-state index in [0.717, 1.165) is 35.7 Å². The molecule has 6 nitrogen and oxygen atoms in total. The van der Waals surface area contributed by atoms with Gasteiger partial charge in [-0.05, 0) is 28.8 Å². The van der Waals surface area contributed by atoms with Gasteiger partial charge in [0.1, 0.15) is 5.82 Å². The van der Waals surface area contributed by atoms with E-state index in [1.165, 1.54) is 12.1 Å². The van der Waals surface area contributed by atoms with E-state index in [1.807, 2.05) is 18.2 Å². The summed E-state index contributed by atoms with van der Waals surface area (Å²) in [5.41, 5.74) is 3.38. The van der Waals surface area contributed by atoms with Crippen molar-refractivity contribution in [3.63, 3.8) is 0 Å². The average molecular weight is 415 g/mol. The predicted octanol–water partition coefficient (Wildman–Crippen LogP) is 2.71. The first kappa shape index (κ1) is 22.2. The van der Waals surface area contributed by atoms with Crippen LogP contribution in [0.15, 0.2) is 53.5 Å². The van der Waals surface area contributed by atoms with Crippen LogP contribution >= 0.6 is 0 Å². The minimum Gasteiger partial charge on any atom is -0.380 e. The number of nitrogens with one attached hydrogen (secondary N) is 2. The van der Waals surface area contributed by atoms with Crippen molar-refractivity contribution in [2.24, 2.45) is 4.99 Å². The Labute approximate surface area is 178 Å². The van der Waals surface area contributed by atoms with Gasteiger partial charge in [-0.1, -0.05) is 36.4 Å². The summed E-state index contributed by atoms with van der Waals surface area (Å²) < 4.78 is 24.1. The van der Waals surface area contributed by atoms with Crippen LogP contribution in [0.3, 0.4) is 0 Å². The Hall–Kier alpha value is -2.48. The molecular formula is C23H31FN4O2. The first-order valence-corrected chi connectivity index (χ1v) is 10.3.